The van der Waals surface area contributed by atoms with Crippen molar-refractivity contribution in [3.63, 3.8) is 0 Å². The summed E-state index contributed by atoms with van der Waals surface area (Å²) in [4.78, 5) is 22.6. The molecule has 3 nitrogen and oxygen atoms in total. The Labute approximate surface area is 73.5 Å². The van der Waals surface area contributed by atoms with Crippen LogP contribution in [0.3, 0.4) is 0 Å². The molecule has 0 aliphatic carbocycles. The molecule has 0 radical (unpaired) electrons. The molecule has 0 aliphatic rings. The lowest BCUT2D eigenvalue weighted by Gasteiger charge is -2.20. The summed E-state index contributed by atoms with van der Waals surface area (Å²) in [6.07, 6.45) is 0. The Morgan fingerprint density at radius 2 is 1.67 bits per heavy atom. The van der Waals surface area contributed by atoms with Gasteiger partial charge in [0.15, 0.2) is 0 Å². The van der Waals surface area contributed by atoms with Crippen LogP contribution in [-0.2, 0) is 9.59 Å². The van der Waals surface area contributed by atoms with Crippen molar-refractivity contribution >= 4 is 11.7 Å². The summed E-state index contributed by atoms with van der Waals surface area (Å²) in [6.45, 7) is 7.07. The van der Waals surface area contributed by atoms with Crippen molar-refractivity contribution in [2.75, 3.05) is 7.05 Å². The highest BCUT2D eigenvalue weighted by Gasteiger charge is 2.30. The van der Waals surface area contributed by atoms with Crippen molar-refractivity contribution in [1.82, 2.24) is 5.32 Å². The Balaban J connectivity index is 4.41. The fourth-order valence-electron chi connectivity index (χ4n) is 0.985. The van der Waals surface area contributed by atoms with Crippen LogP contribution in [0.1, 0.15) is 27.7 Å². The van der Waals surface area contributed by atoms with Crippen LogP contribution in [0.5, 0.6) is 0 Å². The van der Waals surface area contributed by atoms with Gasteiger partial charge in [0.05, 0.1) is 5.92 Å². The predicted octanol–water partition coefficient (Wildman–Crippen LogP) is 0.984. The molecule has 1 amide bonds. The summed E-state index contributed by atoms with van der Waals surface area (Å²) in [5.74, 6) is -0.785. The first-order valence-corrected chi connectivity index (χ1v) is 4.06. The van der Waals surface area contributed by atoms with Crippen LogP contribution in [0.25, 0.3) is 0 Å². The first-order valence-electron chi connectivity index (χ1n) is 4.06. The van der Waals surface area contributed by atoms with E-state index in [4.69, 9.17) is 0 Å². The number of hydrogen-bond acceptors (Lipinski definition) is 2. The van der Waals surface area contributed by atoms with Crippen LogP contribution in [0.15, 0.2) is 0 Å². The van der Waals surface area contributed by atoms with Crippen molar-refractivity contribution in [3.8, 4) is 0 Å². The molecule has 1 N–H and O–H groups in total. The average Bonchev–Trinajstić information content (AvgIpc) is 1.98. The van der Waals surface area contributed by atoms with Crippen molar-refractivity contribution in [2.24, 2.45) is 11.3 Å². The zero-order valence-corrected chi connectivity index (χ0v) is 8.39. The maximum absolute atomic E-state index is 11.5. The molecular formula is C9H17NO2. The molecule has 1 unspecified atom stereocenters. The number of hydrogen-bond donors (Lipinski definition) is 1. The van der Waals surface area contributed by atoms with Crippen LogP contribution >= 0.6 is 0 Å². The number of carbonyl (C=O) groups is 2. The number of nitrogens with one attached hydrogen (secondary N) is 1. The van der Waals surface area contributed by atoms with Gasteiger partial charge in [0, 0.05) is 12.5 Å². The minimum Gasteiger partial charge on any atom is -0.359 e. The Kier molecular flexibility index (Phi) is 3.43. The molecular weight excluding hydrogens is 154 g/mol. The fraction of sp³-hybridized carbons (Fsp3) is 0.778. The van der Waals surface area contributed by atoms with E-state index in [9.17, 15) is 9.59 Å². The van der Waals surface area contributed by atoms with E-state index in [1.165, 1.54) is 7.05 Å². The zero-order chi connectivity index (χ0) is 9.94. The van der Waals surface area contributed by atoms with Gasteiger partial charge in [-0.2, -0.15) is 0 Å². The van der Waals surface area contributed by atoms with Crippen molar-refractivity contribution in [1.29, 1.82) is 0 Å². The summed E-state index contributed by atoms with van der Waals surface area (Å²) in [7, 11) is 1.54. The Morgan fingerprint density at radius 3 is 1.92 bits per heavy atom. The van der Waals surface area contributed by atoms with E-state index < -0.39 is 11.3 Å². The monoisotopic (exact) mass is 171 g/mol. The zero-order valence-electron chi connectivity index (χ0n) is 8.39. The Morgan fingerprint density at radius 1 is 1.25 bits per heavy atom. The fourth-order valence-corrected chi connectivity index (χ4v) is 0.985. The summed E-state index contributed by atoms with van der Waals surface area (Å²) >= 11 is 0. The number of amides is 1. The Hall–Kier alpha value is -0.860. The van der Waals surface area contributed by atoms with E-state index >= 15 is 0 Å². The second kappa shape index (κ2) is 3.70. The maximum atomic E-state index is 11.5. The summed E-state index contributed by atoms with van der Waals surface area (Å²) in [6, 6.07) is 0. The standard InChI is InChI=1S/C9H17NO2/c1-6(8(12)10-5)7(11)9(2,3)4/h6H,1-5H3,(H,10,12). The second-order valence-electron chi connectivity index (χ2n) is 3.95. The van der Waals surface area contributed by atoms with Crippen molar-refractivity contribution < 1.29 is 9.59 Å². The molecule has 70 valence electrons. The van der Waals surface area contributed by atoms with E-state index in [2.05, 4.69) is 5.32 Å². The van der Waals surface area contributed by atoms with Gasteiger partial charge < -0.3 is 5.32 Å². The minimum absolute atomic E-state index is 0.0261. The highest BCUT2D eigenvalue weighted by molar-refractivity contribution is 6.03. The molecule has 0 heterocycles. The van der Waals surface area contributed by atoms with Crippen LogP contribution in [0.4, 0.5) is 0 Å². The summed E-state index contributed by atoms with van der Waals surface area (Å²) < 4.78 is 0. The van der Waals surface area contributed by atoms with E-state index in [0.717, 1.165) is 0 Å². The average molecular weight is 171 g/mol. The lowest BCUT2D eigenvalue weighted by molar-refractivity contribution is -0.137. The van der Waals surface area contributed by atoms with E-state index in [0.29, 0.717) is 0 Å². The minimum atomic E-state index is -0.546. The van der Waals surface area contributed by atoms with E-state index in [-0.39, 0.29) is 11.7 Å². The first kappa shape index (κ1) is 11.1. The molecule has 0 rings (SSSR count). The Bertz CT molecular complexity index is 191. The molecule has 0 aliphatic heterocycles. The second-order valence-corrected chi connectivity index (χ2v) is 3.95. The third-order valence-corrected chi connectivity index (χ3v) is 1.77. The van der Waals surface area contributed by atoms with Gasteiger partial charge >= 0.3 is 0 Å². The van der Waals surface area contributed by atoms with Gasteiger partial charge in [-0.25, -0.2) is 0 Å². The topological polar surface area (TPSA) is 46.2 Å². The highest BCUT2D eigenvalue weighted by Crippen LogP contribution is 2.19. The number of rotatable bonds is 2. The van der Waals surface area contributed by atoms with Gasteiger partial charge in [0.25, 0.3) is 0 Å². The van der Waals surface area contributed by atoms with Crippen LogP contribution in [0.2, 0.25) is 0 Å². The van der Waals surface area contributed by atoms with Crippen molar-refractivity contribution in [3.05, 3.63) is 0 Å². The van der Waals surface area contributed by atoms with Gasteiger partial charge in [0.1, 0.15) is 5.78 Å². The van der Waals surface area contributed by atoms with Gasteiger partial charge in [-0.1, -0.05) is 20.8 Å². The van der Waals surface area contributed by atoms with Crippen LogP contribution in [0, 0.1) is 11.3 Å². The molecule has 0 aromatic carbocycles. The molecule has 0 saturated carbocycles. The quantitative estimate of drug-likeness (QED) is 0.630. The highest BCUT2D eigenvalue weighted by atomic mass is 16.2. The number of ketones is 1. The van der Waals surface area contributed by atoms with Crippen LogP contribution < -0.4 is 5.32 Å². The lowest BCUT2D eigenvalue weighted by Crippen LogP contribution is -2.36. The van der Waals surface area contributed by atoms with Crippen LogP contribution in [-0.4, -0.2) is 18.7 Å². The van der Waals surface area contributed by atoms with Crippen molar-refractivity contribution in [2.45, 2.75) is 27.7 Å². The van der Waals surface area contributed by atoms with Gasteiger partial charge in [-0.3, -0.25) is 9.59 Å². The molecule has 1 atom stereocenters. The molecule has 0 aromatic heterocycles. The molecule has 0 aromatic rings. The van der Waals surface area contributed by atoms with Gasteiger partial charge in [-0.05, 0) is 6.92 Å². The van der Waals surface area contributed by atoms with Gasteiger partial charge in [0.2, 0.25) is 5.91 Å². The summed E-state index contributed by atoms with van der Waals surface area (Å²) in [5.41, 5.74) is -0.439. The number of Topliss-reactive ketones (excluding diaryl/α,β-unsaturated/α-hetero) is 1. The number of carbonyl (C=O) groups excluding carboxylic acids is 2. The normalized spacial score (nSPS) is 13.8. The molecule has 0 fully saturated rings. The lowest BCUT2D eigenvalue weighted by atomic mass is 9.83. The largest absolute Gasteiger partial charge is 0.359 e. The molecule has 0 spiro atoms. The maximum Gasteiger partial charge on any atom is 0.230 e. The summed E-state index contributed by atoms with van der Waals surface area (Å²) in [5, 5.41) is 2.46. The first-order chi connectivity index (χ1) is 5.30. The van der Waals surface area contributed by atoms with E-state index in [1.54, 1.807) is 6.92 Å². The molecule has 3 heteroatoms. The third-order valence-electron chi connectivity index (χ3n) is 1.77. The third kappa shape index (κ3) is 2.64. The molecule has 0 saturated heterocycles. The van der Waals surface area contributed by atoms with Gasteiger partial charge in [-0.15, -0.1) is 0 Å². The predicted molar refractivity (Wildman–Crippen MR) is 47.7 cm³/mol. The molecule has 12 heavy (non-hydrogen) atoms. The SMILES string of the molecule is CNC(=O)C(C)C(=O)C(C)(C)C. The molecule has 0 bridgehead atoms. The smallest absolute Gasteiger partial charge is 0.230 e. The van der Waals surface area contributed by atoms with E-state index in [1.807, 2.05) is 20.8 Å².